The predicted octanol–water partition coefficient (Wildman–Crippen LogP) is 2.59. The Morgan fingerprint density at radius 3 is 2.10 bits per heavy atom. The third-order valence-corrected chi connectivity index (χ3v) is 5.88. The fourth-order valence-electron chi connectivity index (χ4n) is 5.49. The summed E-state index contributed by atoms with van der Waals surface area (Å²) in [5, 5.41) is 18.3. The molecule has 0 spiro atoms. The summed E-state index contributed by atoms with van der Waals surface area (Å²) in [4.78, 5) is 15.0. The highest BCUT2D eigenvalue weighted by molar-refractivity contribution is 5.46. The number of aromatic amines is 1. The summed E-state index contributed by atoms with van der Waals surface area (Å²) in [5.41, 5.74) is 0.732. The van der Waals surface area contributed by atoms with E-state index in [-0.39, 0.29) is 16.5 Å². The van der Waals surface area contributed by atoms with Gasteiger partial charge in [-0.05, 0) is 62.3 Å². The van der Waals surface area contributed by atoms with Gasteiger partial charge in [0.2, 0.25) is 0 Å². The van der Waals surface area contributed by atoms with Crippen LogP contribution in [-0.4, -0.2) is 4.98 Å². The second kappa shape index (κ2) is 4.21. The van der Waals surface area contributed by atoms with Gasteiger partial charge in [-0.15, -0.1) is 0 Å². The Kier molecular flexibility index (Phi) is 2.54. The maximum absolute atomic E-state index is 12.1. The van der Waals surface area contributed by atoms with Gasteiger partial charge in [-0.1, -0.05) is 0 Å². The van der Waals surface area contributed by atoms with Crippen LogP contribution in [0.1, 0.15) is 55.3 Å². The van der Waals surface area contributed by atoms with Crippen molar-refractivity contribution in [2.75, 3.05) is 0 Å². The van der Waals surface area contributed by atoms with Gasteiger partial charge in [0.05, 0.1) is 5.56 Å². The molecule has 4 saturated carbocycles. The molecule has 106 valence electrons. The van der Waals surface area contributed by atoms with Gasteiger partial charge in [-0.25, -0.2) is 0 Å². The molecule has 0 aliphatic heterocycles. The monoisotopic (exact) mass is 279 g/mol. The molecule has 5 rings (SSSR count). The lowest BCUT2D eigenvalue weighted by atomic mass is 9.48. The third kappa shape index (κ3) is 1.75. The van der Waals surface area contributed by atoms with E-state index in [1.807, 2.05) is 12.1 Å². The maximum atomic E-state index is 12.1. The minimum Gasteiger partial charge on any atom is -0.324 e. The lowest BCUT2D eigenvalue weighted by Gasteiger charge is -2.56. The fourth-order valence-corrected chi connectivity index (χ4v) is 5.49. The van der Waals surface area contributed by atoms with E-state index in [0.717, 1.165) is 42.7 Å². The lowest BCUT2D eigenvalue weighted by Crippen LogP contribution is -2.49. The van der Waals surface area contributed by atoms with E-state index < -0.39 is 5.56 Å². The van der Waals surface area contributed by atoms with Gasteiger partial charge in [-0.3, -0.25) is 4.79 Å². The quantitative estimate of drug-likeness (QED) is 0.858. The van der Waals surface area contributed by atoms with Crippen molar-refractivity contribution in [2.24, 2.45) is 17.8 Å². The molecule has 21 heavy (non-hydrogen) atoms. The first kappa shape index (κ1) is 12.7. The SMILES string of the molecule is N#Cc1cc(C23CC4CC(CC(C4)C2)C3)[nH]c(=O)c1C#N. The summed E-state index contributed by atoms with van der Waals surface area (Å²) >= 11 is 0. The minimum absolute atomic E-state index is 0.0491. The molecule has 0 radical (unpaired) electrons. The van der Waals surface area contributed by atoms with E-state index in [9.17, 15) is 10.1 Å². The van der Waals surface area contributed by atoms with Crippen LogP contribution in [0.5, 0.6) is 0 Å². The molecule has 4 aliphatic carbocycles. The molecule has 1 heterocycles. The van der Waals surface area contributed by atoms with Gasteiger partial charge >= 0.3 is 0 Å². The molecule has 4 fully saturated rings. The number of nitriles is 2. The van der Waals surface area contributed by atoms with Gasteiger partial charge in [0.15, 0.2) is 0 Å². The normalized spacial score (nSPS) is 36.2. The van der Waals surface area contributed by atoms with E-state index >= 15 is 0 Å². The highest BCUT2D eigenvalue weighted by atomic mass is 16.1. The molecule has 4 aliphatic rings. The molecular formula is C17H17N3O. The molecule has 1 aromatic heterocycles. The Labute approximate surface area is 123 Å². The zero-order valence-electron chi connectivity index (χ0n) is 11.9. The number of pyridine rings is 1. The van der Waals surface area contributed by atoms with Crippen molar-refractivity contribution < 1.29 is 0 Å². The topological polar surface area (TPSA) is 80.4 Å². The lowest BCUT2D eigenvalue weighted by molar-refractivity contribution is -0.00730. The van der Waals surface area contributed by atoms with Crippen LogP contribution < -0.4 is 5.56 Å². The van der Waals surface area contributed by atoms with Crippen molar-refractivity contribution >= 4 is 0 Å². The zero-order chi connectivity index (χ0) is 14.6. The highest BCUT2D eigenvalue weighted by Crippen LogP contribution is 2.60. The molecule has 4 heteroatoms. The number of nitrogens with zero attached hydrogens (tertiary/aromatic N) is 2. The number of hydrogen-bond acceptors (Lipinski definition) is 3. The molecule has 0 atom stereocenters. The van der Waals surface area contributed by atoms with E-state index in [4.69, 9.17) is 5.26 Å². The van der Waals surface area contributed by atoms with Crippen LogP contribution in [0.3, 0.4) is 0 Å². The van der Waals surface area contributed by atoms with Crippen molar-refractivity contribution in [3.63, 3.8) is 0 Å². The molecule has 1 N–H and O–H groups in total. The molecule has 0 unspecified atom stereocenters. The van der Waals surface area contributed by atoms with Crippen LogP contribution in [0.25, 0.3) is 0 Å². The van der Waals surface area contributed by atoms with E-state index in [1.165, 1.54) is 19.3 Å². The van der Waals surface area contributed by atoms with Crippen molar-refractivity contribution in [1.82, 2.24) is 4.98 Å². The van der Waals surface area contributed by atoms with Crippen LogP contribution in [0, 0.1) is 40.4 Å². The second-order valence-electron chi connectivity index (χ2n) is 7.22. The molecule has 4 bridgehead atoms. The van der Waals surface area contributed by atoms with Gasteiger partial charge in [-0.2, -0.15) is 10.5 Å². The Morgan fingerprint density at radius 2 is 1.62 bits per heavy atom. The van der Waals surface area contributed by atoms with Gasteiger partial charge in [0.25, 0.3) is 5.56 Å². The molecular weight excluding hydrogens is 262 g/mol. The van der Waals surface area contributed by atoms with E-state index in [0.29, 0.717) is 0 Å². The number of nitrogens with one attached hydrogen (secondary N) is 1. The van der Waals surface area contributed by atoms with Gasteiger partial charge < -0.3 is 4.98 Å². The fraction of sp³-hybridized carbons (Fsp3) is 0.588. The second-order valence-corrected chi connectivity index (χ2v) is 7.22. The summed E-state index contributed by atoms with van der Waals surface area (Å²) in [6.07, 6.45) is 7.41. The Bertz CT molecular complexity index is 711. The maximum Gasteiger partial charge on any atom is 0.267 e. The molecule has 0 amide bonds. The number of aromatic nitrogens is 1. The summed E-state index contributed by atoms with van der Waals surface area (Å²) < 4.78 is 0. The number of hydrogen-bond donors (Lipinski definition) is 1. The van der Waals surface area contributed by atoms with E-state index in [1.54, 1.807) is 6.07 Å². The van der Waals surface area contributed by atoms with Crippen LogP contribution in [0.2, 0.25) is 0 Å². The highest BCUT2D eigenvalue weighted by Gasteiger charge is 2.52. The Balaban J connectivity index is 1.84. The summed E-state index contributed by atoms with van der Waals surface area (Å²) in [6.45, 7) is 0. The summed E-state index contributed by atoms with van der Waals surface area (Å²) in [5.74, 6) is 2.34. The molecule has 1 aromatic rings. The third-order valence-electron chi connectivity index (χ3n) is 5.88. The van der Waals surface area contributed by atoms with Crippen LogP contribution in [-0.2, 0) is 5.41 Å². The first-order valence-electron chi connectivity index (χ1n) is 7.71. The van der Waals surface area contributed by atoms with Crippen LogP contribution >= 0.6 is 0 Å². The molecule has 0 aromatic carbocycles. The van der Waals surface area contributed by atoms with Crippen LogP contribution in [0.15, 0.2) is 10.9 Å². The van der Waals surface area contributed by atoms with Crippen molar-refractivity contribution in [3.05, 3.63) is 33.2 Å². The van der Waals surface area contributed by atoms with Crippen molar-refractivity contribution in [1.29, 1.82) is 10.5 Å². The smallest absolute Gasteiger partial charge is 0.267 e. The van der Waals surface area contributed by atoms with E-state index in [2.05, 4.69) is 4.98 Å². The number of H-pyrrole nitrogens is 1. The minimum atomic E-state index is -0.401. The standard InChI is InChI=1S/C17H17N3O/c18-8-13-4-15(20-16(21)14(13)9-19)17-5-10-1-11(6-17)3-12(2-10)7-17/h4,10-12H,1-3,5-7H2,(H,20,21). The van der Waals surface area contributed by atoms with Crippen LogP contribution in [0.4, 0.5) is 0 Å². The van der Waals surface area contributed by atoms with Gasteiger partial charge in [0, 0.05) is 11.1 Å². The molecule has 4 nitrogen and oxygen atoms in total. The zero-order valence-corrected chi connectivity index (χ0v) is 11.9. The van der Waals surface area contributed by atoms with Gasteiger partial charge in [0.1, 0.15) is 17.7 Å². The average molecular weight is 279 g/mol. The first-order valence-corrected chi connectivity index (χ1v) is 7.71. The van der Waals surface area contributed by atoms with Crippen molar-refractivity contribution in [2.45, 2.75) is 43.9 Å². The Morgan fingerprint density at radius 1 is 1.05 bits per heavy atom. The first-order chi connectivity index (χ1) is 10.1. The average Bonchev–Trinajstić information content (AvgIpc) is 2.44. The largest absolute Gasteiger partial charge is 0.324 e. The number of rotatable bonds is 1. The Hall–Kier alpha value is -2.07. The summed E-state index contributed by atoms with van der Waals surface area (Å²) in [7, 11) is 0. The molecule has 0 saturated heterocycles. The summed E-state index contributed by atoms with van der Waals surface area (Å²) in [6, 6.07) is 5.64. The van der Waals surface area contributed by atoms with Crippen molar-refractivity contribution in [3.8, 4) is 12.1 Å². The predicted molar refractivity (Wildman–Crippen MR) is 76.3 cm³/mol.